The molecule has 20 heavy (non-hydrogen) atoms. The zero-order chi connectivity index (χ0) is 13.8. The van der Waals surface area contributed by atoms with Crippen LogP contribution >= 0.6 is 0 Å². The normalized spacial score (nSPS) is 15.2. The molecule has 1 aliphatic heterocycles. The molecule has 102 valence electrons. The standard InChI is InChI=1S/C17H19N3/c1-14-13-16(19-18-15-7-3-2-4-8-15)9-10-17(14)20-11-5-6-12-20/h2-4,7-10,13H,5-6,11-12H2,1H3. The molecule has 3 heteroatoms. The highest BCUT2D eigenvalue weighted by Crippen LogP contribution is 2.28. The number of nitrogens with zero attached hydrogens (tertiary/aromatic N) is 3. The van der Waals surface area contributed by atoms with Crippen LogP contribution in [0.25, 0.3) is 0 Å². The van der Waals surface area contributed by atoms with Crippen LogP contribution in [-0.2, 0) is 0 Å². The molecule has 1 heterocycles. The third-order valence-corrected chi connectivity index (χ3v) is 3.66. The minimum Gasteiger partial charge on any atom is -0.371 e. The molecule has 1 fully saturated rings. The number of rotatable bonds is 3. The van der Waals surface area contributed by atoms with E-state index in [0.29, 0.717) is 0 Å². The van der Waals surface area contributed by atoms with Gasteiger partial charge in [-0.1, -0.05) is 18.2 Å². The summed E-state index contributed by atoms with van der Waals surface area (Å²) in [5, 5.41) is 8.57. The Morgan fingerprint density at radius 2 is 1.55 bits per heavy atom. The van der Waals surface area contributed by atoms with Gasteiger partial charge in [0.1, 0.15) is 0 Å². The molecule has 3 nitrogen and oxygen atoms in total. The van der Waals surface area contributed by atoms with Gasteiger partial charge in [-0.3, -0.25) is 0 Å². The lowest BCUT2D eigenvalue weighted by Crippen LogP contribution is -2.18. The van der Waals surface area contributed by atoms with Gasteiger partial charge in [-0.15, -0.1) is 0 Å². The molecule has 3 rings (SSSR count). The molecule has 2 aromatic carbocycles. The molecule has 0 radical (unpaired) electrons. The van der Waals surface area contributed by atoms with Gasteiger partial charge in [0.2, 0.25) is 0 Å². The fourth-order valence-electron chi connectivity index (χ4n) is 2.62. The molecule has 0 atom stereocenters. The molecular formula is C17H19N3. The molecule has 0 saturated carbocycles. The first kappa shape index (κ1) is 12.9. The maximum Gasteiger partial charge on any atom is 0.0861 e. The molecule has 0 aromatic heterocycles. The van der Waals surface area contributed by atoms with Crippen molar-refractivity contribution in [3.8, 4) is 0 Å². The smallest absolute Gasteiger partial charge is 0.0861 e. The van der Waals surface area contributed by atoms with Crippen molar-refractivity contribution in [1.82, 2.24) is 0 Å². The van der Waals surface area contributed by atoms with E-state index in [0.717, 1.165) is 11.4 Å². The van der Waals surface area contributed by atoms with E-state index in [2.05, 4.69) is 34.2 Å². The summed E-state index contributed by atoms with van der Waals surface area (Å²) in [6.07, 6.45) is 2.60. The Kier molecular flexibility index (Phi) is 3.77. The third kappa shape index (κ3) is 2.87. The molecule has 2 aromatic rings. The van der Waals surface area contributed by atoms with Gasteiger partial charge in [-0.2, -0.15) is 10.2 Å². The van der Waals surface area contributed by atoms with Crippen LogP contribution in [0.5, 0.6) is 0 Å². The molecular weight excluding hydrogens is 246 g/mol. The summed E-state index contributed by atoms with van der Waals surface area (Å²) in [6, 6.07) is 16.2. The molecule has 0 N–H and O–H groups in total. The molecule has 0 aliphatic carbocycles. The number of anilines is 1. The Morgan fingerprint density at radius 1 is 0.850 bits per heavy atom. The largest absolute Gasteiger partial charge is 0.371 e. The van der Waals surface area contributed by atoms with Crippen LogP contribution in [0.15, 0.2) is 58.8 Å². The van der Waals surface area contributed by atoms with E-state index in [4.69, 9.17) is 0 Å². The van der Waals surface area contributed by atoms with Gasteiger partial charge in [-0.05, 0) is 55.7 Å². The number of hydrogen-bond donors (Lipinski definition) is 0. The van der Waals surface area contributed by atoms with Gasteiger partial charge in [0.05, 0.1) is 11.4 Å². The zero-order valence-electron chi connectivity index (χ0n) is 11.8. The Labute approximate surface area is 120 Å². The monoisotopic (exact) mass is 265 g/mol. The topological polar surface area (TPSA) is 28.0 Å². The van der Waals surface area contributed by atoms with Crippen molar-refractivity contribution in [3.05, 3.63) is 54.1 Å². The van der Waals surface area contributed by atoms with E-state index in [-0.39, 0.29) is 0 Å². The van der Waals surface area contributed by atoms with Crippen LogP contribution in [0.1, 0.15) is 18.4 Å². The van der Waals surface area contributed by atoms with Gasteiger partial charge in [0.15, 0.2) is 0 Å². The quantitative estimate of drug-likeness (QED) is 0.717. The summed E-state index contributed by atoms with van der Waals surface area (Å²) < 4.78 is 0. The van der Waals surface area contributed by atoms with Gasteiger partial charge < -0.3 is 4.90 Å². The summed E-state index contributed by atoms with van der Waals surface area (Å²) in [6.45, 7) is 4.49. The predicted molar refractivity (Wildman–Crippen MR) is 83.2 cm³/mol. The second-order valence-electron chi connectivity index (χ2n) is 5.20. The highest BCUT2D eigenvalue weighted by Gasteiger charge is 2.14. The minimum atomic E-state index is 0.883. The van der Waals surface area contributed by atoms with E-state index in [9.17, 15) is 0 Å². The van der Waals surface area contributed by atoms with Crippen molar-refractivity contribution in [2.24, 2.45) is 10.2 Å². The highest BCUT2D eigenvalue weighted by atomic mass is 15.1. The average Bonchev–Trinajstić information content (AvgIpc) is 3.00. The van der Waals surface area contributed by atoms with Crippen molar-refractivity contribution in [1.29, 1.82) is 0 Å². The SMILES string of the molecule is Cc1cc(N=Nc2ccccc2)ccc1N1CCCC1. The summed E-state index contributed by atoms with van der Waals surface area (Å²) >= 11 is 0. The van der Waals surface area contributed by atoms with E-state index < -0.39 is 0 Å². The van der Waals surface area contributed by atoms with Crippen molar-refractivity contribution in [2.45, 2.75) is 19.8 Å². The predicted octanol–water partition coefficient (Wildman–Crippen LogP) is 5.01. The van der Waals surface area contributed by atoms with Crippen LogP contribution in [0.4, 0.5) is 17.1 Å². The van der Waals surface area contributed by atoms with E-state index in [1.165, 1.54) is 37.2 Å². The fraction of sp³-hybridized carbons (Fsp3) is 0.294. The van der Waals surface area contributed by atoms with Crippen molar-refractivity contribution in [3.63, 3.8) is 0 Å². The second kappa shape index (κ2) is 5.87. The van der Waals surface area contributed by atoms with Gasteiger partial charge in [-0.25, -0.2) is 0 Å². The van der Waals surface area contributed by atoms with Crippen LogP contribution in [-0.4, -0.2) is 13.1 Å². The lowest BCUT2D eigenvalue weighted by atomic mass is 10.1. The molecule has 0 amide bonds. The Balaban J connectivity index is 1.78. The van der Waals surface area contributed by atoms with Crippen molar-refractivity contribution >= 4 is 17.1 Å². The molecule has 0 bridgehead atoms. The Bertz CT molecular complexity index is 599. The van der Waals surface area contributed by atoms with Crippen molar-refractivity contribution in [2.75, 3.05) is 18.0 Å². The van der Waals surface area contributed by atoms with E-state index >= 15 is 0 Å². The van der Waals surface area contributed by atoms with Crippen LogP contribution in [0.2, 0.25) is 0 Å². The molecule has 1 aliphatic rings. The first-order chi connectivity index (χ1) is 9.83. The maximum atomic E-state index is 4.31. The summed E-state index contributed by atoms with van der Waals surface area (Å²) in [4.78, 5) is 2.45. The summed E-state index contributed by atoms with van der Waals surface area (Å²) in [5.41, 5.74) is 4.40. The van der Waals surface area contributed by atoms with E-state index in [1.54, 1.807) is 0 Å². The first-order valence-corrected chi connectivity index (χ1v) is 7.15. The van der Waals surface area contributed by atoms with Gasteiger partial charge >= 0.3 is 0 Å². The summed E-state index contributed by atoms with van der Waals surface area (Å²) in [5.74, 6) is 0. The molecule has 1 saturated heterocycles. The number of azo groups is 1. The van der Waals surface area contributed by atoms with E-state index in [1.807, 2.05) is 36.4 Å². The maximum absolute atomic E-state index is 4.31. The number of aryl methyl sites for hydroxylation is 1. The first-order valence-electron chi connectivity index (χ1n) is 7.15. The van der Waals surface area contributed by atoms with Crippen LogP contribution in [0.3, 0.4) is 0 Å². The number of benzene rings is 2. The van der Waals surface area contributed by atoms with Gasteiger partial charge in [0.25, 0.3) is 0 Å². The Morgan fingerprint density at radius 3 is 2.25 bits per heavy atom. The van der Waals surface area contributed by atoms with Crippen LogP contribution < -0.4 is 4.90 Å². The molecule has 0 spiro atoms. The average molecular weight is 265 g/mol. The second-order valence-corrected chi connectivity index (χ2v) is 5.20. The highest BCUT2D eigenvalue weighted by molar-refractivity contribution is 5.59. The lowest BCUT2D eigenvalue weighted by Gasteiger charge is -2.20. The zero-order valence-corrected chi connectivity index (χ0v) is 11.8. The Hall–Kier alpha value is -2.16. The summed E-state index contributed by atoms with van der Waals surface area (Å²) in [7, 11) is 0. The van der Waals surface area contributed by atoms with Crippen LogP contribution in [0, 0.1) is 6.92 Å². The lowest BCUT2D eigenvalue weighted by molar-refractivity contribution is 0.949. The fourth-order valence-corrected chi connectivity index (χ4v) is 2.62. The minimum absolute atomic E-state index is 0.883. The molecule has 0 unspecified atom stereocenters. The number of hydrogen-bond acceptors (Lipinski definition) is 3. The van der Waals surface area contributed by atoms with Gasteiger partial charge in [0, 0.05) is 18.8 Å². The third-order valence-electron chi connectivity index (χ3n) is 3.66. The van der Waals surface area contributed by atoms with Crippen molar-refractivity contribution < 1.29 is 0 Å².